The smallest absolute Gasteiger partial charge is 0.174 e. The Kier molecular flexibility index (Phi) is 4.80. The molecule has 0 amide bonds. The minimum atomic E-state index is 0.334. The van der Waals surface area contributed by atoms with Crippen molar-refractivity contribution in [1.82, 2.24) is 10.5 Å². The fourth-order valence-corrected chi connectivity index (χ4v) is 1.68. The highest BCUT2D eigenvalue weighted by Crippen LogP contribution is 2.28. The van der Waals surface area contributed by atoms with Gasteiger partial charge in [0, 0.05) is 12.6 Å². The molecule has 0 aliphatic rings. The van der Waals surface area contributed by atoms with Crippen molar-refractivity contribution >= 4 is 0 Å². The molecule has 1 aromatic heterocycles. The summed E-state index contributed by atoms with van der Waals surface area (Å²) in [5.41, 5.74) is 1.15. The van der Waals surface area contributed by atoms with Crippen molar-refractivity contribution in [1.29, 1.82) is 0 Å². The van der Waals surface area contributed by atoms with E-state index in [-0.39, 0.29) is 0 Å². The van der Waals surface area contributed by atoms with Crippen LogP contribution in [-0.2, 0) is 13.2 Å². The molecule has 2 aromatic rings. The average molecular weight is 262 g/mol. The van der Waals surface area contributed by atoms with Gasteiger partial charge in [0.05, 0.1) is 13.3 Å². The summed E-state index contributed by atoms with van der Waals surface area (Å²) in [4.78, 5) is 0. The van der Waals surface area contributed by atoms with Crippen LogP contribution in [0.4, 0.5) is 0 Å². The second-order valence-corrected chi connectivity index (χ2v) is 4.03. The normalized spacial score (nSPS) is 10.4. The maximum Gasteiger partial charge on any atom is 0.174 e. The van der Waals surface area contributed by atoms with Gasteiger partial charge in [0.1, 0.15) is 6.61 Å². The second kappa shape index (κ2) is 6.80. The number of methoxy groups -OCH3 is 1. The van der Waals surface area contributed by atoms with Crippen LogP contribution >= 0.6 is 0 Å². The predicted octanol–water partition coefficient (Wildman–Crippen LogP) is 2.37. The third kappa shape index (κ3) is 3.72. The van der Waals surface area contributed by atoms with Gasteiger partial charge in [0.2, 0.25) is 0 Å². The molecule has 0 saturated carbocycles. The van der Waals surface area contributed by atoms with Gasteiger partial charge >= 0.3 is 0 Å². The Morgan fingerprint density at radius 1 is 1.26 bits per heavy atom. The van der Waals surface area contributed by atoms with Crippen LogP contribution in [0.25, 0.3) is 0 Å². The lowest BCUT2D eigenvalue weighted by Crippen LogP contribution is -2.11. The maximum atomic E-state index is 5.71. The number of hydrogen-bond acceptors (Lipinski definition) is 5. The van der Waals surface area contributed by atoms with Crippen LogP contribution < -0.4 is 14.8 Å². The molecule has 5 nitrogen and oxygen atoms in total. The minimum absolute atomic E-state index is 0.334. The average Bonchev–Trinajstić information content (AvgIpc) is 2.96. The molecule has 0 spiro atoms. The van der Waals surface area contributed by atoms with Crippen molar-refractivity contribution in [2.45, 2.75) is 20.1 Å². The zero-order chi connectivity index (χ0) is 13.5. The SMILES string of the molecule is CCNCc1ccc(OC)c(OCc2ccno2)c1. The van der Waals surface area contributed by atoms with E-state index in [1.807, 2.05) is 18.2 Å². The molecule has 102 valence electrons. The lowest BCUT2D eigenvalue weighted by molar-refractivity contribution is 0.239. The van der Waals surface area contributed by atoms with Gasteiger partial charge in [0.25, 0.3) is 0 Å². The van der Waals surface area contributed by atoms with Crippen molar-refractivity contribution in [3.05, 3.63) is 41.8 Å². The molecule has 0 aliphatic heterocycles. The topological polar surface area (TPSA) is 56.5 Å². The molecule has 0 radical (unpaired) electrons. The van der Waals surface area contributed by atoms with E-state index in [1.165, 1.54) is 0 Å². The van der Waals surface area contributed by atoms with Gasteiger partial charge in [-0.2, -0.15) is 0 Å². The monoisotopic (exact) mass is 262 g/mol. The Hall–Kier alpha value is -2.01. The highest BCUT2D eigenvalue weighted by atomic mass is 16.5. The Morgan fingerprint density at radius 2 is 2.16 bits per heavy atom. The van der Waals surface area contributed by atoms with Gasteiger partial charge in [-0.05, 0) is 24.2 Å². The Bertz CT molecular complexity index is 497. The van der Waals surface area contributed by atoms with E-state index in [0.29, 0.717) is 23.9 Å². The number of ether oxygens (including phenoxy) is 2. The number of hydrogen-bond donors (Lipinski definition) is 1. The van der Waals surface area contributed by atoms with Gasteiger partial charge in [-0.1, -0.05) is 18.1 Å². The molecule has 0 saturated heterocycles. The Balaban J connectivity index is 2.07. The molecule has 1 heterocycles. The molecular formula is C14H18N2O3. The van der Waals surface area contributed by atoms with Gasteiger partial charge in [-0.15, -0.1) is 0 Å². The predicted molar refractivity (Wildman–Crippen MR) is 71.2 cm³/mol. The third-order valence-electron chi connectivity index (χ3n) is 2.67. The van der Waals surface area contributed by atoms with Crippen molar-refractivity contribution < 1.29 is 14.0 Å². The van der Waals surface area contributed by atoms with Crippen LogP contribution in [0.2, 0.25) is 0 Å². The first-order valence-corrected chi connectivity index (χ1v) is 6.23. The largest absolute Gasteiger partial charge is 0.493 e. The molecule has 0 unspecified atom stereocenters. The van der Waals surface area contributed by atoms with Crippen LogP contribution in [0.15, 0.2) is 35.0 Å². The lowest BCUT2D eigenvalue weighted by Gasteiger charge is -2.11. The molecule has 2 rings (SSSR count). The molecule has 1 aromatic carbocycles. The maximum absolute atomic E-state index is 5.71. The molecule has 19 heavy (non-hydrogen) atoms. The molecule has 0 aliphatic carbocycles. The molecular weight excluding hydrogens is 244 g/mol. The quantitative estimate of drug-likeness (QED) is 0.830. The first-order valence-electron chi connectivity index (χ1n) is 6.23. The summed E-state index contributed by atoms with van der Waals surface area (Å²) >= 11 is 0. The van der Waals surface area contributed by atoms with Gasteiger partial charge < -0.3 is 19.3 Å². The molecule has 1 N–H and O–H groups in total. The molecule has 5 heteroatoms. The fourth-order valence-electron chi connectivity index (χ4n) is 1.68. The van der Waals surface area contributed by atoms with E-state index < -0.39 is 0 Å². The van der Waals surface area contributed by atoms with Crippen molar-refractivity contribution in [3.63, 3.8) is 0 Å². The highest BCUT2D eigenvalue weighted by molar-refractivity contribution is 5.43. The standard InChI is InChI=1S/C14H18N2O3/c1-3-15-9-11-4-5-13(17-2)14(8-11)18-10-12-6-7-16-19-12/h4-8,15H,3,9-10H2,1-2H3. The summed E-state index contributed by atoms with van der Waals surface area (Å²) in [6.07, 6.45) is 1.59. The van der Waals surface area contributed by atoms with Crippen LogP contribution in [0.1, 0.15) is 18.2 Å². The first-order chi connectivity index (χ1) is 9.33. The Labute approximate surface area is 112 Å². The van der Waals surface area contributed by atoms with E-state index in [2.05, 4.69) is 17.4 Å². The summed E-state index contributed by atoms with van der Waals surface area (Å²) in [5, 5.41) is 6.91. The van der Waals surface area contributed by atoms with Crippen LogP contribution in [0, 0.1) is 0 Å². The van der Waals surface area contributed by atoms with E-state index in [9.17, 15) is 0 Å². The summed E-state index contributed by atoms with van der Waals surface area (Å²) in [6, 6.07) is 7.66. The summed E-state index contributed by atoms with van der Waals surface area (Å²) in [5.74, 6) is 2.09. The second-order valence-electron chi connectivity index (χ2n) is 4.03. The van der Waals surface area contributed by atoms with E-state index in [0.717, 1.165) is 18.7 Å². The zero-order valence-electron chi connectivity index (χ0n) is 11.2. The molecule has 0 atom stereocenters. The number of nitrogens with one attached hydrogen (secondary N) is 1. The van der Waals surface area contributed by atoms with Crippen molar-refractivity contribution in [2.24, 2.45) is 0 Å². The van der Waals surface area contributed by atoms with Crippen molar-refractivity contribution in [2.75, 3.05) is 13.7 Å². The van der Waals surface area contributed by atoms with Gasteiger partial charge in [0.15, 0.2) is 17.3 Å². The number of aromatic nitrogens is 1. The number of nitrogens with zero attached hydrogens (tertiary/aromatic N) is 1. The summed E-state index contributed by atoms with van der Waals surface area (Å²) in [6.45, 7) is 4.14. The first kappa shape index (κ1) is 13.4. The van der Waals surface area contributed by atoms with Crippen LogP contribution in [-0.4, -0.2) is 18.8 Å². The zero-order valence-corrected chi connectivity index (χ0v) is 11.2. The molecule has 0 bridgehead atoms. The highest BCUT2D eigenvalue weighted by Gasteiger charge is 2.07. The van der Waals surface area contributed by atoms with Crippen LogP contribution in [0.5, 0.6) is 11.5 Å². The van der Waals surface area contributed by atoms with Crippen molar-refractivity contribution in [3.8, 4) is 11.5 Å². The summed E-state index contributed by atoms with van der Waals surface area (Å²) < 4.78 is 16.0. The van der Waals surface area contributed by atoms with E-state index in [4.69, 9.17) is 14.0 Å². The number of rotatable bonds is 7. The fraction of sp³-hybridized carbons (Fsp3) is 0.357. The van der Waals surface area contributed by atoms with E-state index >= 15 is 0 Å². The summed E-state index contributed by atoms with van der Waals surface area (Å²) in [7, 11) is 1.63. The minimum Gasteiger partial charge on any atom is -0.493 e. The Morgan fingerprint density at radius 3 is 2.84 bits per heavy atom. The van der Waals surface area contributed by atoms with Gasteiger partial charge in [-0.25, -0.2) is 0 Å². The van der Waals surface area contributed by atoms with Gasteiger partial charge in [-0.3, -0.25) is 0 Å². The van der Waals surface area contributed by atoms with Crippen LogP contribution in [0.3, 0.4) is 0 Å². The lowest BCUT2D eigenvalue weighted by atomic mass is 10.2. The molecule has 0 fully saturated rings. The number of benzene rings is 1. The van der Waals surface area contributed by atoms with E-state index in [1.54, 1.807) is 19.4 Å². The third-order valence-corrected chi connectivity index (χ3v) is 2.67.